The summed E-state index contributed by atoms with van der Waals surface area (Å²) >= 11 is 0. The molecule has 0 radical (unpaired) electrons. The van der Waals surface area contributed by atoms with Crippen molar-refractivity contribution in [2.75, 3.05) is 20.8 Å². The van der Waals surface area contributed by atoms with Gasteiger partial charge < -0.3 is 13.9 Å². The Hall–Kier alpha value is -2.67. The molecule has 1 saturated heterocycles. The van der Waals surface area contributed by atoms with E-state index in [2.05, 4.69) is 9.88 Å². The smallest absolute Gasteiger partial charge is 0.337 e. The third-order valence-corrected chi connectivity index (χ3v) is 4.64. The predicted octanol–water partition coefficient (Wildman–Crippen LogP) is 2.57. The standard InChI is InChI=1S/C19H22N2O5/c1-12-15(11-21-10-4-5-16(21)19(23)25-3)20-17(26-12)13-6-8-14(9-7-13)18(22)24-2/h6-9,16H,4-5,10-11H2,1-3H3/t16-/m0/s1. The van der Waals surface area contributed by atoms with E-state index in [9.17, 15) is 9.59 Å². The quantitative estimate of drug-likeness (QED) is 0.760. The number of nitrogens with zero attached hydrogens (tertiary/aromatic N) is 2. The molecule has 2 heterocycles. The monoisotopic (exact) mass is 358 g/mol. The molecule has 0 bridgehead atoms. The molecule has 3 rings (SSSR count). The Kier molecular flexibility index (Phi) is 5.37. The highest BCUT2D eigenvalue weighted by molar-refractivity contribution is 5.89. The highest BCUT2D eigenvalue weighted by atomic mass is 16.5. The Balaban J connectivity index is 1.77. The molecule has 26 heavy (non-hydrogen) atoms. The van der Waals surface area contributed by atoms with E-state index >= 15 is 0 Å². The second-order valence-electron chi connectivity index (χ2n) is 6.24. The van der Waals surface area contributed by atoms with Gasteiger partial charge in [0.25, 0.3) is 0 Å². The van der Waals surface area contributed by atoms with Crippen molar-refractivity contribution in [3.8, 4) is 11.5 Å². The molecule has 1 aliphatic rings. The van der Waals surface area contributed by atoms with Gasteiger partial charge in [0.2, 0.25) is 5.89 Å². The summed E-state index contributed by atoms with van der Waals surface area (Å²) in [6, 6.07) is 6.67. The van der Waals surface area contributed by atoms with Crippen LogP contribution in [0.4, 0.5) is 0 Å². The molecule has 1 atom stereocenters. The maximum absolute atomic E-state index is 11.9. The van der Waals surface area contributed by atoms with Crippen molar-refractivity contribution in [1.82, 2.24) is 9.88 Å². The summed E-state index contributed by atoms with van der Waals surface area (Å²) in [5, 5.41) is 0. The maximum Gasteiger partial charge on any atom is 0.337 e. The zero-order valence-electron chi connectivity index (χ0n) is 15.2. The van der Waals surface area contributed by atoms with E-state index in [1.807, 2.05) is 6.92 Å². The van der Waals surface area contributed by atoms with Crippen molar-refractivity contribution in [2.45, 2.75) is 32.4 Å². The number of carbonyl (C=O) groups is 2. The molecule has 2 aromatic rings. The first-order chi connectivity index (χ1) is 12.5. The summed E-state index contributed by atoms with van der Waals surface area (Å²) in [5.41, 5.74) is 2.04. The molecule has 0 amide bonds. The van der Waals surface area contributed by atoms with E-state index in [0.717, 1.165) is 30.6 Å². The fourth-order valence-electron chi connectivity index (χ4n) is 3.18. The average molecular weight is 358 g/mol. The van der Waals surface area contributed by atoms with Gasteiger partial charge in [0.15, 0.2) is 0 Å². The lowest BCUT2D eigenvalue weighted by molar-refractivity contribution is -0.146. The fourth-order valence-corrected chi connectivity index (χ4v) is 3.18. The van der Waals surface area contributed by atoms with Crippen LogP contribution in [0.2, 0.25) is 0 Å². The fraction of sp³-hybridized carbons (Fsp3) is 0.421. The maximum atomic E-state index is 11.9. The number of methoxy groups -OCH3 is 2. The van der Waals surface area contributed by atoms with Crippen LogP contribution in [0.25, 0.3) is 11.5 Å². The van der Waals surface area contributed by atoms with Crippen LogP contribution >= 0.6 is 0 Å². The van der Waals surface area contributed by atoms with Crippen LogP contribution in [0.1, 0.15) is 34.7 Å². The van der Waals surface area contributed by atoms with Crippen LogP contribution in [-0.2, 0) is 20.8 Å². The van der Waals surface area contributed by atoms with E-state index in [0.29, 0.717) is 23.8 Å². The third-order valence-electron chi connectivity index (χ3n) is 4.64. The predicted molar refractivity (Wildman–Crippen MR) is 93.5 cm³/mol. The largest absolute Gasteiger partial charge is 0.468 e. The number of rotatable bonds is 5. The Labute approximate surface area is 151 Å². The normalized spacial score (nSPS) is 17.3. The molecule has 1 fully saturated rings. The van der Waals surface area contributed by atoms with Crippen LogP contribution in [-0.4, -0.2) is 48.6 Å². The van der Waals surface area contributed by atoms with Crippen LogP contribution in [0.15, 0.2) is 28.7 Å². The summed E-state index contributed by atoms with van der Waals surface area (Å²) in [5.74, 6) is 0.612. The van der Waals surface area contributed by atoms with Gasteiger partial charge in [-0.25, -0.2) is 9.78 Å². The SMILES string of the molecule is COC(=O)c1ccc(-c2nc(CN3CCC[C@H]3C(=O)OC)c(C)o2)cc1. The number of benzene rings is 1. The van der Waals surface area contributed by atoms with E-state index in [-0.39, 0.29) is 18.0 Å². The van der Waals surface area contributed by atoms with Crippen LogP contribution < -0.4 is 0 Å². The van der Waals surface area contributed by atoms with Gasteiger partial charge >= 0.3 is 11.9 Å². The molecule has 138 valence electrons. The Morgan fingerprint density at radius 3 is 2.62 bits per heavy atom. The first-order valence-electron chi connectivity index (χ1n) is 8.50. The van der Waals surface area contributed by atoms with Crippen molar-refractivity contribution < 1.29 is 23.5 Å². The molecule has 0 saturated carbocycles. The van der Waals surface area contributed by atoms with Crippen molar-refractivity contribution in [3.63, 3.8) is 0 Å². The summed E-state index contributed by atoms with van der Waals surface area (Å²) in [6.07, 6.45) is 1.75. The highest BCUT2D eigenvalue weighted by Crippen LogP contribution is 2.26. The van der Waals surface area contributed by atoms with Gasteiger partial charge in [0.05, 0.1) is 25.5 Å². The number of ether oxygens (including phenoxy) is 2. The number of hydrogen-bond acceptors (Lipinski definition) is 7. The van der Waals surface area contributed by atoms with Gasteiger partial charge in [-0.2, -0.15) is 0 Å². The number of likely N-dealkylation sites (tertiary alicyclic amines) is 1. The van der Waals surface area contributed by atoms with Gasteiger partial charge in [0.1, 0.15) is 11.8 Å². The van der Waals surface area contributed by atoms with Crippen molar-refractivity contribution in [3.05, 3.63) is 41.3 Å². The first-order valence-corrected chi connectivity index (χ1v) is 8.50. The second kappa shape index (κ2) is 7.70. The molecule has 0 N–H and O–H groups in total. The minimum atomic E-state index is -0.385. The van der Waals surface area contributed by atoms with E-state index in [1.54, 1.807) is 24.3 Å². The molecule has 0 aliphatic carbocycles. The zero-order valence-corrected chi connectivity index (χ0v) is 15.2. The number of carbonyl (C=O) groups excluding carboxylic acids is 2. The van der Waals surface area contributed by atoms with Gasteiger partial charge in [-0.15, -0.1) is 0 Å². The van der Waals surface area contributed by atoms with Crippen LogP contribution in [0.3, 0.4) is 0 Å². The molecule has 0 unspecified atom stereocenters. The molecular weight excluding hydrogens is 336 g/mol. The summed E-state index contributed by atoms with van der Waals surface area (Å²) in [7, 11) is 2.76. The van der Waals surface area contributed by atoms with Crippen LogP contribution in [0, 0.1) is 6.92 Å². The van der Waals surface area contributed by atoms with Gasteiger partial charge in [-0.1, -0.05) is 0 Å². The molecule has 0 spiro atoms. The Morgan fingerprint density at radius 2 is 1.96 bits per heavy atom. The number of esters is 2. The summed E-state index contributed by atoms with van der Waals surface area (Å²) in [6.45, 7) is 3.22. The molecule has 7 nitrogen and oxygen atoms in total. The first kappa shape index (κ1) is 18.1. The Morgan fingerprint density at radius 1 is 1.23 bits per heavy atom. The minimum absolute atomic E-state index is 0.206. The molecule has 7 heteroatoms. The molecular formula is C19H22N2O5. The number of aromatic nitrogens is 1. The lowest BCUT2D eigenvalue weighted by Gasteiger charge is -2.21. The third kappa shape index (κ3) is 3.62. The topological polar surface area (TPSA) is 81.9 Å². The van der Waals surface area contributed by atoms with Crippen molar-refractivity contribution in [2.24, 2.45) is 0 Å². The highest BCUT2D eigenvalue weighted by Gasteiger charge is 2.32. The lowest BCUT2D eigenvalue weighted by Crippen LogP contribution is -2.36. The number of hydrogen-bond donors (Lipinski definition) is 0. The summed E-state index contributed by atoms with van der Waals surface area (Å²) < 4.78 is 15.4. The molecule has 1 aromatic heterocycles. The number of oxazole rings is 1. The van der Waals surface area contributed by atoms with Gasteiger partial charge in [0, 0.05) is 12.1 Å². The van der Waals surface area contributed by atoms with Crippen molar-refractivity contribution in [1.29, 1.82) is 0 Å². The van der Waals surface area contributed by atoms with Crippen LogP contribution in [0.5, 0.6) is 0 Å². The van der Waals surface area contributed by atoms with E-state index in [1.165, 1.54) is 14.2 Å². The average Bonchev–Trinajstić information content (AvgIpc) is 3.28. The summed E-state index contributed by atoms with van der Waals surface area (Å²) in [4.78, 5) is 30.1. The molecule has 1 aliphatic heterocycles. The van der Waals surface area contributed by atoms with Gasteiger partial charge in [-0.05, 0) is 50.6 Å². The zero-order chi connectivity index (χ0) is 18.7. The minimum Gasteiger partial charge on any atom is -0.468 e. The number of aryl methyl sites for hydroxylation is 1. The van der Waals surface area contributed by atoms with Crippen molar-refractivity contribution >= 4 is 11.9 Å². The lowest BCUT2D eigenvalue weighted by atomic mass is 10.1. The van der Waals surface area contributed by atoms with Gasteiger partial charge in [-0.3, -0.25) is 9.69 Å². The Bertz CT molecular complexity index is 797. The van der Waals surface area contributed by atoms with E-state index in [4.69, 9.17) is 13.9 Å². The molecule has 1 aromatic carbocycles. The van der Waals surface area contributed by atoms with E-state index < -0.39 is 0 Å². The second-order valence-corrected chi connectivity index (χ2v) is 6.24.